The highest BCUT2D eigenvalue weighted by molar-refractivity contribution is 5.84. The smallest absolute Gasteiger partial charge is 0.408 e. The highest BCUT2D eigenvalue weighted by atomic mass is 16.6. The van der Waals surface area contributed by atoms with Crippen molar-refractivity contribution in [3.63, 3.8) is 0 Å². The van der Waals surface area contributed by atoms with Crippen LogP contribution in [0.2, 0.25) is 0 Å². The number of nitrogens with one attached hydrogen (secondary N) is 1. The first-order valence-electron chi connectivity index (χ1n) is 5.05. The Morgan fingerprint density at radius 3 is 2.27 bits per heavy atom. The highest BCUT2D eigenvalue weighted by Crippen LogP contribution is 2.07. The molecule has 3 N–H and O–H groups in total. The van der Waals surface area contributed by atoms with Crippen LogP contribution in [0.15, 0.2) is 0 Å². The zero-order valence-corrected chi connectivity index (χ0v) is 9.79. The van der Waals surface area contributed by atoms with Gasteiger partial charge in [0.05, 0.1) is 0 Å². The second-order valence-electron chi connectivity index (χ2n) is 4.39. The summed E-state index contributed by atoms with van der Waals surface area (Å²) >= 11 is 0. The SMILES string of the molecule is CCC[C@H](NC(=O)OC(C)(C)C)C(N)=O. The minimum absolute atomic E-state index is 0.522. The van der Waals surface area contributed by atoms with E-state index in [1.165, 1.54) is 0 Å². The molecular formula is C10H20N2O3. The van der Waals surface area contributed by atoms with Crippen LogP contribution < -0.4 is 11.1 Å². The molecule has 0 aromatic rings. The molecule has 0 saturated heterocycles. The third kappa shape index (κ3) is 6.76. The maximum atomic E-state index is 11.3. The zero-order valence-electron chi connectivity index (χ0n) is 9.79. The van der Waals surface area contributed by atoms with E-state index >= 15 is 0 Å². The van der Waals surface area contributed by atoms with Crippen molar-refractivity contribution in [1.82, 2.24) is 5.32 Å². The number of rotatable bonds is 4. The lowest BCUT2D eigenvalue weighted by Crippen LogP contribution is -2.46. The first kappa shape index (κ1) is 13.7. The fourth-order valence-corrected chi connectivity index (χ4v) is 1.02. The standard InChI is InChI=1S/C10H20N2O3/c1-5-6-7(8(11)13)12-9(14)15-10(2,3)4/h7H,5-6H2,1-4H3,(H2,11,13)(H,12,14)/t7-/m0/s1. The highest BCUT2D eigenvalue weighted by Gasteiger charge is 2.21. The molecule has 0 bridgehead atoms. The number of primary amides is 1. The van der Waals surface area contributed by atoms with Crippen molar-refractivity contribution in [1.29, 1.82) is 0 Å². The largest absolute Gasteiger partial charge is 0.444 e. The van der Waals surface area contributed by atoms with Crippen LogP contribution in [0.3, 0.4) is 0 Å². The van der Waals surface area contributed by atoms with E-state index < -0.39 is 23.6 Å². The van der Waals surface area contributed by atoms with Crippen molar-refractivity contribution in [2.24, 2.45) is 5.73 Å². The normalized spacial score (nSPS) is 13.1. The van der Waals surface area contributed by atoms with E-state index in [2.05, 4.69) is 5.32 Å². The van der Waals surface area contributed by atoms with E-state index in [1.54, 1.807) is 20.8 Å². The van der Waals surface area contributed by atoms with Crippen molar-refractivity contribution < 1.29 is 14.3 Å². The van der Waals surface area contributed by atoms with Crippen LogP contribution in [0.4, 0.5) is 4.79 Å². The molecule has 0 saturated carbocycles. The molecule has 0 aliphatic carbocycles. The number of carbonyl (C=O) groups excluding carboxylic acids is 2. The maximum Gasteiger partial charge on any atom is 0.408 e. The van der Waals surface area contributed by atoms with E-state index in [9.17, 15) is 9.59 Å². The average molecular weight is 216 g/mol. The summed E-state index contributed by atoms with van der Waals surface area (Å²) in [4.78, 5) is 22.2. The number of alkyl carbamates (subject to hydrolysis) is 1. The molecule has 1 atom stereocenters. The third-order valence-corrected chi connectivity index (χ3v) is 1.61. The van der Waals surface area contributed by atoms with Gasteiger partial charge in [0.15, 0.2) is 0 Å². The van der Waals surface area contributed by atoms with Gasteiger partial charge in [0.1, 0.15) is 11.6 Å². The molecular weight excluding hydrogens is 196 g/mol. The van der Waals surface area contributed by atoms with Crippen molar-refractivity contribution in [2.45, 2.75) is 52.2 Å². The van der Waals surface area contributed by atoms with Gasteiger partial charge in [-0.05, 0) is 27.2 Å². The van der Waals surface area contributed by atoms with Crippen LogP contribution in [0.25, 0.3) is 0 Å². The van der Waals surface area contributed by atoms with Crippen molar-refractivity contribution in [3.05, 3.63) is 0 Å². The Labute approximate surface area is 90.4 Å². The minimum Gasteiger partial charge on any atom is -0.444 e. The number of carbonyl (C=O) groups is 2. The number of hydrogen-bond donors (Lipinski definition) is 2. The summed E-state index contributed by atoms with van der Waals surface area (Å²) in [5.41, 5.74) is 4.55. The molecule has 0 fully saturated rings. The van der Waals surface area contributed by atoms with E-state index in [-0.39, 0.29) is 0 Å². The Morgan fingerprint density at radius 1 is 1.40 bits per heavy atom. The summed E-state index contributed by atoms with van der Waals surface area (Å²) in [5, 5.41) is 2.44. The molecule has 0 aromatic heterocycles. The topological polar surface area (TPSA) is 81.4 Å². The van der Waals surface area contributed by atoms with Gasteiger partial charge in [-0.2, -0.15) is 0 Å². The molecule has 0 heterocycles. The maximum absolute atomic E-state index is 11.3. The molecule has 88 valence electrons. The van der Waals surface area contributed by atoms with Gasteiger partial charge in [-0.25, -0.2) is 4.79 Å². The Balaban J connectivity index is 4.18. The third-order valence-electron chi connectivity index (χ3n) is 1.61. The second kappa shape index (κ2) is 5.58. The molecule has 5 nitrogen and oxygen atoms in total. The van der Waals surface area contributed by atoms with Gasteiger partial charge >= 0.3 is 6.09 Å². The molecule has 0 radical (unpaired) electrons. The Morgan fingerprint density at radius 2 is 1.93 bits per heavy atom. The Kier molecular flexibility index (Phi) is 5.11. The number of nitrogens with two attached hydrogens (primary N) is 1. The quantitative estimate of drug-likeness (QED) is 0.740. The summed E-state index contributed by atoms with van der Waals surface area (Å²) < 4.78 is 5.01. The van der Waals surface area contributed by atoms with E-state index in [0.717, 1.165) is 6.42 Å². The molecule has 0 rings (SSSR count). The van der Waals surface area contributed by atoms with Crippen molar-refractivity contribution in [2.75, 3.05) is 0 Å². The summed E-state index contributed by atoms with van der Waals surface area (Å²) in [6.45, 7) is 7.18. The van der Waals surface area contributed by atoms with Crippen LogP contribution >= 0.6 is 0 Å². The summed E-state index contributed by atoms with van der Waals surface area (Å²) in [6, 6.07) is -0.648. The number of amides is 2. The van der Waals surface area contributed by atoms with Crippen molar-refractivity contribution >= 4 is 12.0 Å². The fraction of sp³-hybridized carbons (Fsp3) is 0.800. The Hall–Kier alpha value is -1.26. The van der Waals surface area contributed by atoms with Gasteiger partial charge in [-0.3, -0.25) is 4.79 Å². The predicted octanol–water partition coefficient (Wildman–Crippen LogP) is 1.17. The van der Waals surface area contributed by atoms with E-state index in [0.29, 0.717) is 6.42 Å². The molecule has 0 spiro atoms. The van der Waals surface area contributed by atoms with E-state index in [4.69, 9.17) is 10.5 Å². The second-order valence-corrected chi connectivity index (χ2v) is 4.39. The molecule has 5 heteroatoms. The van der Waals surface area contributed by atoms with Crippen LogP contribution in [0.5, 0.6) is 0 Å². The van der Waals surface area contributed by atoms with Gasteiger partial charge < -0.3 is 15.8 Å². The van der Waals surface area contributed by atoms with Crippen LogP contribution in [-0.2, 0) is 9.53 Å². The monoisotopic (exact) mass is 216 g/mol. The first-order valence-corrected chi connectivity index (χ1v) is 5.05. The molecule has 0 aliphatic rings. The van der Waals surface area contributed by atoms with Crippen LogP contribution in [-0.4, -0.2) is 23.6 Å². The van der Waals surface area contributed by atoms with Gasteiger partial charge in [0.2, 0.25) is 5.91 Å². The van der Waals surface area contributed by atoms with E-state index in [1.807, 2.05) is 6.92 Å². The predicted molar refractivity (Wildman–Crippen MR) is 57.3 cm³/mol. The zero-order chi connectivity index (χ0) is 12.1. The van der Waals surface area contributed by atoms with Gasteiger partial charge in [0.25, 0.3) is 0 Å². The Bertz CT molecular complexity index is 233. The number of ether oxygens (including phenoxy) is 1. The van der Waals surface area contributed by atoms with Crippen LogP contribution in [0, 0.1) is 0 Å². The lowest BCUT2D eigenvalue weighted by Gasteiger charge is -2.22. The summed E-state index contributed by atoms with van der Waals surface area (Å²) in [7, 11) is 0. The lowest BCUT2D eigenvalue weighted by molar-refractivity contribution is -0.120. The molecule has 2 amide bonds. The summed E-state index contributed by atoms with van der Waals surface area (Å²) in [5.74, 6) is -0.539. The number of hydrogen-bond acceptors (Lipinski definition) is 3. The summed E-state index contributed by atoms with van der Waals surface area (Å²) in [6.07, 6.45) is 0.678. The molecule has 0 aliphatic heterocycles. The van der Waals surface area contributed by atoms with Gasteiger partial charge in [-0.1, -0.05) is 13.3 Å². The molecule has 0 unspecified atom stereocenters. The van der Waals surface area contributed by atoms with Gasteiger partial charge in [0, 0.05) is 0 Å². The van der Waals surface area contributed by atoms with Crippen LogP contribution in [0.1, 0.15) is 40.5 Å². The van der Waals surface area contributed by atoms with Gasteiger partial charge in [-0.15, -0.1) is 0 Å². The molecule has 0 aromatic carbocycles. The molecule has 15 heavy (non-hydrogen) atoms. The fourth-order valence-electron chi connectivity index (χ4n) is 1.02. The lowest BCUT2D eigenvalue weighted by atomic mass is 10.1. The first-order chi connectivity index (χ1) is 6.76. The minimum atomic E-state index is -0.648. The van der Waals surface area contributed by atoms with Crippen molar-refractivity contribution in [3.8, 4) is 0 Å². The average Bonchev–Trinajstić information content (AvgIpc) is 1.99.